The van der Waals surface area contributed by atoms with Crippen molar-refractivity contribution in [1.82, 2.24) is 0 Å². The van der Waals surface area contributed by atoms with E-state index < -0.39 is 9.07 Å². The Labute approximate surface area is 89.8 Å². The van der Waals surface area contributed by atoms with Gasteiger partial charge in [0.05, 0.1) is 0 Å². The second kappa shape index (κ2) is 10.5. The van der Waals surface area contributed by atoms with Gasteiger partial charge in [0.15, 0.2) is 0 Å². The summed E-state index contributed by atoms with van der Waals surface area (Å²) < 4.78 is 5.59. The van der Waals surface area contributed by atoms with E-state index >= 15 is 0 Å². The average Bonchev–Trinajstić information content (AvgIpc) is 2.14. The molecule has 0 aliphatic rings. The molecule has 0 rings (SSSR count). The maximum absolute atomic E-state index is 5.70. The van der Waals surface area contributed by atoms with Gasteiger partial charge < -0.3 is 4.43 Å². The molecule has 0 heterocycles. The Hall–Kier alpha value is 0.467. The fourth-order valence-corrected chi connectivity index (χ4v) is 2.50. The van der Waals surface area contributed by atoms with Gasteiger partial charge in [0.1, 0.15) is 0 Å². The summed E-state index contributed by atoms with van der Waals surface area (Å²) in [6.07, 6.45) is 9.35. The van der Waals surface area contributed by atoms with Gasteiger partial charge in [-0.2, -0.15) is 0 Å². The van der Waals surface area contributed by atoms with E-state index in [0.717, 1.165) is 0 Å². The van der Waals surface area contributed by atoms with Crippen molar-refractivity contribution in [2.24, 2.45) is 0 Å². The van der Waals surface area contributed by atoms with E-state index in [2.05, 4.69) is 13.8 Å². The Morgan fingerprint density at radius 3 is 2.23 bits per heavy atom. The van der Waals surface area contributed by atoms with Crippen molar-refractivity contribution in [1.29, 1.82) is 0 Å². The smallest absolute Gasteiger partial charge is 0.258 e. The van der Waals surface area contributed by atoms with Crippen LogP contribution in [0.25, 0.3) is 0 Å². The lowest BCUT2D eigenvalue weighted by molar-refractivity contribution is 0.188. The summed E-state index contributed by atoms with van der Waals surface area (Å²) in [7, 11) is -0.723. The summed E-state index contributed by atoms with van der Waals surface area (Å²) in [5.74, 6) is 0. The second-order valence-corrected chi connectivity index (χ2v) is 4.74. The summed E-state index contributed by atoms with van der Waals surface area (Å²) in [5.41, 5.74) is 0. The van der Waals surface area contributed by atoms with Crippen LogP contribution in [0.5, 0.6) is 0 Å². The predicted molar refractivity (Wildman–Crippen MR) is 62.9 cm³/mol. The van der Waals surface area contributed by atoms with E-state index in [0.29, 0.717) is 6.10 Å². The first kappa shape index (κ1) is 13.5. The van der Waals surface area contributed by atoms with E-state index in [-0.39, 0.29) is 0 Å². The Morgan fingerprint density at radius 2 is 1.69 bits per heavy atom. The molecule has 0 N–H and O–H groups in total. The van der Waals surface area contributed by atoms with Crippen molar-refractivity contribution in [3.05, 3.63) is 0 Å². The summed E-state index contributed by atoms with van der Waals surface area (Å²) in [5, 5.41) is 0. The molecule has 0 aromatic rings. The van der Waals surface area contributed by atoms with Crippen LogP contribution in [0.3, 0.4) is 0 Å². The summed E-state index contributed by atoms with van der Waals surface area (Å²) in [6, 6.07) is 0. The van der Waals surface area contributed by atoms with Crippen LogP contribution in [0, 0.1) is 0 Å². The Kier molecular flexibility index (Phi) is 10.9. The molecule has 0 spiro atoms. The number of unbranched alkanes of at least 4 members (excludes halogenated alkanes) is 3. The van der Waals surface area contributed by atoms with E-state index in [9.17, 15) is 0 Å². The van der Waals surface area contributed by atoms with Crippen LogP contribution in [0.1, 0.15) is 58.8 Å². The monoisotopic (exact) mass is 222 g/mol. The fourth-order valence-electron chi connectivity index (χ4n) is 1.45. The van der Waals surface area contributed by atoms with Gasteiger partial charge >= 0.3 is 0 Å². The third-order valence-electron chi connectivity index (χ3n) is 2.31. The maximum Gasteiger partial charge on any atom is 0.258 e. The second-order valence-electron chi connectivity index (χ2n) is 3.54. The molecule has 0 aliphatic carbocycles. The largest absolute Gasteiger partial charge is 0.405 e. The normalized spacial score (nSPS) is 14.1. The van der Waals surface area contributed by atoms with Crippen molar-refractivity contribution in [2.45, 2.75) is 64.9 Å². The SMILES string of the molecule is CCCCCC(CCCC)O[SiH2]Cl. The summed E-state index contributed by atoms with van der Waals surface area (Å²) in [4.78, 5) is 0. The minimum Gasteiger partial charge on any atom is -0.405 e. The van der Waals surface area contributed by atoms with Crippen LogP contribution < -0.4 is 0 Å². The van der Waals surface area contributed by atoms with Crippen LogP contribution in [0.15, 0.2) is 0 Å². The molecule has 80 valence electrons. The highest BCUT2D eigenvalue weighted by Gasteiger charge is 2.06. The van der Waals surface area contributed by atoms with E-state index in [1.54, 1.807) is 0 Å². The van der Waals surface area contributed by atoms with Crippen LogP contribution in [-0.4, -0.2) is 15.2 Å². The number of hydrogen-bond donors (Lipinski definition) is 0. The van der Waals surface area contributed by atoms with Crippen LogP contribution in [0.2, 0.25) is 0 Å². The van der Waals surface area contributed by atoms with Gasteiger partial charge in [0, 0.05) is 6.10 Å². The molecule has 0 bridgehead atoms. The molecule has 0 radical (unpaired) electrons. The summed E-state index contributed by atoms with van der Waals surface area (Å²) in [6.45, 7) is 4.46. The molecule has 1 nitrogen and oxygen atoms in total. The van der Waals surface area contributed by atoms with Gasteiger partial charge in [-0.05, 0) is 12.8 Å². The van der Waals surface area contributed by atoms with Crippen molar-refractivity contribution in [2.75, 3.05) is 0 Å². The number of hydrogen-bond acceptors (Lipinski definition) is 1. The lowest BCUT2D eigenvalue weighted by Gasteiger charge is -2.15. The van der Waals surface area contributed by atoms with E-state index in [1.165, 1.54) is 44.9 Å². The third kappa shape index (κ3) is 8.79. The van der Waals surface area contributed by atoms with Gasteiger partial charge in [-0.1, -0.05) is 46.0 Å². The van der Waals surface area contributed by atoms with E-state index in [4.69, 9.17) is 15.5 Å². The van der Waals surface area contributed by atoms with Crippen molar-refractivity contribution in [3.63, 3.8) is 0 Å². The molecule has 3 heteroatoms. The Balaban J connectivity index is 3.41. The molecule has 0 saturated carbocycles. The van der Waals surface area contributed by atoms with E-state index in [1.807, 2.05) is 0 Å². The zero-order chi connectivity index (χ0) is 9.94. The molecule has 0 aromatic heterocycles. The standard InChI is InChI=1S/C10H23ClOSi/c1-3-5-7-9-10(12-13-11)8-6-4-2/h10H,3-9,13H2,1-2H3. The van der Waals surface area contributed by atoms with Crippen molar-refractivity contribution >= 4 is 20.2 Å². The minimum atomic E-state index is -0.723. The minimum absolute atomic E-state index is 0.468. The van der Waals surface area contributed by atoms with Gasteiger partial charge in [0.2, 0.25) is 0 Å². The molecule has 0 amide bonds. The van der Waals surface area contributed by atoms with Crippen LogP contribution >= 0.6 is 11.1 Å². The third-order valence-corrected chi connectivity index (χ3v) is 3.28. The van der Waals surface area contributed by atoms with Gasteiger partial charge in [-0.3, -0.25) is 0 Å². The molecule has 0 aromatic carbocycles. The van der Waals surface area contributed by atoms with Gasteiger partial charge in [0.25, 0.3) is 9.07 Å². The fraction of sp³-hybridized carbons (Fsp3) is 1.00. The van der Waals surface area contributed by atoms with Crippen molar-refractivity contribution in [3.8, 4) is 0 Å². The average molecular weight is 223 g/mol. The number of rotatable bonds is 9. The first-order valence-electron chi connectivity index (χ1n) is 5.52. The zero-order valence-corrected chi connectivity index (χ0v) is 11.2. The Bertz CT molecular complexity index is 101. The lowest BCUT2D eigenvalue weighted by atomic mass is 10.1. The first-order valence-corrected chi connectivity index (χ1v) is 8.24. The highest BCUT2D eigenvalue weighted by atomic mass is 35.6. The molecule has 13 heavy (non-hydrogen) atoms. The molecular weight excluding hydrogens is 200 g/mol. The zero-order valence-electron chi connectivity index (χ0n) is 9.02. The summed E-state index contributed by atoms with van der Waals surface area (Å²) >= 11 is 5.70. The topological polar surface area (TPSA) is 9.23 Å². The Morgan fingerprint density at radius 1 is 1.08 bits per heavy atom. The number of halogens is 1. The maximum atomic E-state index is 5.70. The van der Waals surface area contributed by atoms with Crippen molar-refractivity contribution < 1.29 is 4.43 Å². The predicted octanol–water partition coefficient (Wildman–Crippen LogP) is 3.38. The van der Waals surface area contributed by atoms with Gasteiger partial charge in [-0.25, -0.2) is 0 Å². The highest BCUT2D eigenvalue weighted by Crippen LogP contribution is 2.13. The molecular formula is C10H23ClOSi. The lowest BCUT2D eigenvalue weighted by Crippen LogP contribution is -2.13. The van der Waals surface area contributed by atoms with Crippen LogP contribution in [0.4, 0.5) is 0 Å². The molecule has 0 aliphatic heterocycles. The molecule has 1 atom stereocenters. The molecule has 1 unspecified atom stereocenters. The quantitative estimate of drug-likeness (QED) is 0.330. The first-order chi connectivity index (χ1) is 6.35. The molecule has 0 fully saturated rings. The van der Waals surface area contributed by atoms with Crippen LogP contribution in [-0.2, 0) is 4.43 Å². The molecule has 0 saturated heterocycles. The highest BCUT2D eigenvalue weighted by molar-refractivity contribution is 6.89. The van der Waals surface area contributed by atoms with Gasteiger partial charge in [-0.15, -0.1) is 11.1 Å².